The van der Waals surface area contributed by atoms with Gasteiger partial charge in [0.25, 0.3) is 0 Å². The number of hydrogen-bond donors (Lipinski definition) is 2. The molecule has 128 valence electrons. The van der Waals surface area contributed by atoms with Gasteiger partial charge in [0, 0.05) is 36.6 Å². The van der Waals surface area contributed by atoms with Gasteiger partial charge in [0.05, 0.1) is 6.54 Å². The minimum atomic E-state index is 0.621. The first-order valence-electron chi connectivity index (χ1n) is 8.86. The number of nitrogens with one attached hydrogen (secondary N) is 2. The number of piperidine rings is 1. The summed E-state index contributed by atoms with van der Waals surface area (Å²) in [5.74, 6) is 2.43. The molecule has 0 aliphatic carbocycles. The van der Waals surface area contributed by atoms with E-state index in [0.717, 1.165) is 55.0 Å². The highest BCUT2D eigenvalue weighted by atomic mass is 16.5. The average molecular weight is 327 g/mol. The van der Waals surface area contributed by atoms with Crippen molar-refractivity contribution in [2.45, 2.75) is 32.4 Å². The van der Waals surface area contributed by atoms with Crippen LogP contribution in [0.5, 0.6) is 0 Å². The van der Waals surface area contributed by atoms with Gasteiger partial charge in [0.1, 0.15) is 5.69 Å². The predicted molar refractivity (Wildman–Crippen MR) is 91.8 cm³/mol. The van der Waals surface area contributed by atoms with E-state index in [1.54, 1.807) is 12.4 Å². The van der Waals surface area contributed by atoms with E-state index in [1.807, 2.05) is 18.2 Å². The first kappa shape index (κ1) is 15.7. The molecule has 0 bridgehead atoms. The molecule has 2 aromatic heterocycles. The van der Waals surface area contributed by atoms with Crippen LogP contribution in [0.3, 0.4) is 0 Å². The van der Waals surface area contributed by atoms with Crippen LogP contribution < -0.4 is 10.9 Å². The molecule has 24 heavy (non-hydrogen) atoms. The van der Waals surface area contributed by atoms with E-state index in [9.17, 15) is 0 Å². The summed E-state index contributed by atoms with van der Waals surface area (Å²) in [6.07, 6.45) is 6.05. The fraction of sp³-hybridized carbons (Fsp3) is 0.556. The molecule has 4 heterocycles. The van der Waals surface area contributed by atoms with Gasteiger partial charge in [-0.05, 0) is 49.9 Å². The van der Waals surface area contributed by atoms with E-state index in [1.165, 1.54) is 12.8 Å². The van der Waals surface area contributed by atoms with Crippen LogP contribution in [-0.2, 0) is 6.54 Å². The van der Waals surface area contributed by atoms with Gasteiger partial charge in [0.15, 0.2) is 5.76 Å². The Morgan fingerprint density at radius 2 is 2.04 bits per heavy atom. The first-order valence-corrected chi connectivity index (χ1v) is 8.86. The molecule has 2 aliphatic rings. The number of likely N-dealkylation sites (tertiary alicyclic amines) is 1. The Labute approximate surface area is 142 Å². The molecule has 2 fully saturated rings. The number of aromatic nitrogens is 2. The SMILES string of the molecule is CC1CNNC1C1CCN(Cc2cc(-c3ccncc3)no2)CC1. The van der Waals surface area contributed by atoms with Crippen molar-refractivity contribution in [3.05, 3.63) is 36.4 Å². The van der Waals surface area contributed by atoms with Crippen molar-refractivity contribution >= 4 is 0 Å². The summed E-state index contributed by atoms with van der Waals surface area (Å²) in [7, 11) is 0. The zero-order chi connectivity index (χ0) is 16.4. The molecule has 0 radical (unpaired) electrons. The van der Waals surface area contributed by atoms with Crippen molar-refractivity contribution in [3.63, 3.8) is 0 Å². The quantitative estimate of drug-likeness (QED) is 0.896. The third-order valence-corrected chi connectivity index (χ3v) is 5.36. The predicted octanol–water partition coefficient (Wildman–Crippen LogP) is 2.06. The molecule has 2 atom stereocenters. The van der Waals surface area contributed by atoms with Gasteiger partial charge in [-0.2, -0.15) is 0 Å². The Kier molecular flexibility index (Phi) is 4.60. The normalized spacial score (nSPS) is 26.0. The van der Waals surface area contributed by atoms with Gasteiger partial charge in [-0.3, -0.25) is 20.7 Å². The molecule has 0 saturated carbocycles. The molecular weight excluding hydrogens is 302 g/mol. The van der Waals surface area contributed by atoms with Crippen LogP contribution >= 0.6 is 0 Å². The minimum absolute atomic E-state index is 0.621. The Hall–Kier alpha value is -1.76. The van der Waals surface area contributed by atoms with Gasteiger partial charge in [-0.15, -0.1) is 0 Å². The Balaban J connectivity index is 1.32. The largest absolute Gasteiger partial charge is 0.359 e. The number of hydrazine groups is 1. The monoisotopic (exact) mass is 327 g/mol. The zero-order valence-electron chi connectivity index (χ0n) is 14.1. The molecule has 2 unspecified atom stereocenters. The Morgan fingerprint density at radius 1 is 1.25 bits per heavy atom. The highest BCUT2D eigenvalue weighted by Gasteiger charge is 2.33. The summed E-state index contributed by atoms with van der Waals surface area (Å²) < 4.78 is 5.53. The van der Waals surface area contributed by atoms with Crippen LogP contribution in [-0.4, -0.2) is 40.7 Å². The summed E-state index contributed by atoms with van der Waals surface area (Å²) >= 11 is 0. The van der Waals surface area contributed by atoms with Crippen LogP contribution in [0.15, 0.2) is 35.1 Å². The lowest BCUT2D eigenvalue weighted by atomic mass is 9.84. The van der Waals surface area contributed by atoms with E-state index in [0.29, 0.717) is 6.04 Å². The van der Waals surface area contributed by atoms with Crippen molar-refractivity contribution in [1.82, 2.24) is 25.9 Å². The summed E-state index contributed by atoms with van der Waals surface area (Å²) in [6, 6.07) is 6.58. The molecule has 2 aliphatic heterocycles. The highest BCUT2D eigenvalue weighted by Crippen LogP contribution is 2.27. The van der Waals surface area contributed by atoms with Crippen molar-refractivity contribution < 1.29 is 4.52 Å². The van der Waals surface area contributed by atoms with E-state index in [4.69, 9.17) is 4.52 Å². The van der Waals surface area contributed by atoms with Crippen LogP contribution in [0.1, 0.15) is 25.5 Å². The molecular formula is C18H25N5O. The third kappa shape index (κ3) is 3.36. The number of hydrogen-bond acceptors (Lipinski definition) is 6. The molecule has 0 aromatic carbocycles. The summed E-state index contributed by atoms with van der Waals surface area (Å²) in [5, 5.41) is 4.19. The van der Waals surface area contributed by atoms with E-state index >= 15 is 0 Å². The average Bonchev–Trinajstić information content (AvgIpc) is 3.26. The third-order valence-electron chi connectivity index (χ3n) is 5.36. The van der Waals surface area contributed by atoms with E-state index < -0.39 is 0 Å². The van der Waals surface area contributed by atoms with Gasteiger partial charge < -0.3 is 4.52 Å². The van der Waals surface area contributed by atoms with E-state index in [-0.39, 0.29) is 0 Å². The van der Waals surface area contributed by atoms with Gasteiger partial charge in [0.2, 0.25) is 0 Å². The van der Waals surface area contributed by atoms with E-state index in [2.05, 4.69) is 32.8 Å². The van der Waals surface area contributed by atoms with Crippen LogP contribution in [0.25, 0.3) is 11.3 Å². The Bertz CT molecular complexity index is 650. The lowest BCUT2D eigenvalue weighted by molar-refractivity contribution is 0.136. The van der Waals surface area contributed by atoms with Crippen LogP contribution in [0.4, 0.5) is 0 Å². The summed E-state index contributed by atoms with van der Waals surface area (Å²) in [4.78, 5) is 6.51. The first-order chi connectivity index (χ1) is 11.8. The molecule has 6 nitrogen and oxygen atoms in total. The highest BCUT2D eigenvalue weighted by molar-refractivity contribution is 5.57. The summed E-state index contributed by atoms with van der Waals surface area (Å²) in [6.45, 7) is 6.51. The fourth-order valence-corrected chi connectivity index (χ4v) is 3.93. The van der Waals surface area contributed by atoms with Crippen molar-refractivity contribution in [1.29, 1.82) is 0 Å². The fourth-order valence-electron chi connectivity index (χ4n) is 3.93. The molecule has 6 heteroatoms. The second-order valence-corrected chi connectivity index (χ2v) is 7.06. The van der Waals surface area contributed by atoms with Crippen molar-refractivity contribution in [3.8, 4) is 11.3 Å². The Morgan fingerprint density at radius 3 is 2.75 bits per heavy atom. The minimum Gasteiger partial charge on any atom is -0.359 e. The van der Waals surface area contributed by atoms with Crippen molar-refractivity contribution in [2.24, 2.45) is 11.8 Å². The van der Waals surface area contributed by atoms with Crippen LogP contribution in [0.2, 0.25) is 0 Å². The second kappa shape index (κ2) is 7.01. The van der Waals surface area contributed by atoms with Crippen LogP contribution in [0, 0.1) is 11.8 Å². The maximum Gasteiger partial charge on any atom is 0.151 e. The molecule has 0 amide bonds. The maximum atomic E-state index is 5.53. The number of pyridine rings is 1. The smallest absolute Gasteiger partial charge is 0.151 e. The lowest BCUT2D eigenvalue weighted by Gasteiger charge is -2.35. The maximum absolute atomic E-state index is 5.53. The molecule has 0 spiro atoms. The van der Waals surface area contributed by atoms with Gasteiger partial charge >= 0.3 is 0 Å². The molecule has 2 aromatic rings. The lowest BCUT2D eigenvalue weighted by Crippen LogP contribution is -2.43. The van der Waals surface area contributed by atoms with Crippen molar-refractivity contribution in [2.75, 3.05) is 19.6 Å². The number of rotatable bonds is 4. The summed E-state index contributed by atoms with van der Waals surface area (Å²) in [5.41, 5.74) is 8.69. The number of nitrogens with zero attached hydrogens (tertiary/aromatic N) is 3. The van der Waals surface area contributed by atoms with Gasteiger partial charge in [-0.1, -0.05) is 12.1 Å². The topological polar surface area (TPSA) is 66.2 Å². The molecule has 2 N–H and O–H groups in total. The standard InChI is InChI=1S/C18H25N5O/c1-13-11-20-21-18(13)15-4-8-23(9-5-15)12-16-10-17(22-24-16)14-2-6-19-7-3-14/h2-3,6-7,10,13,15,18,20-21H,4-5,8-9,11-12H2,1H3. The molecule has 2 saturated heterocycles. The zero-order valence-corrected chi connectivity index (χ0v) is 14.1. The second-order valence-electron chi connectivity index (χ2n) is 7.06. The molecule has 4 rings (SSSR count). The van der Waals surface area contributed by atoms with Gasteiger partial charge in [-0.25, -0.2) is 0 Å².